The molecule has 2 heterocycles. The number of nitrogens with zero attached hydrogens (tertiary/aromatic N) is 1. The maximum Gasteiger partial charge on any atom is 0.0931 e. The minimum atomic E-state index is 0.201. The molecule has 1 fully saturated rings. The van der Waals surface area contributed by atoms with Crippen molar-refractivity contribution in [3.63, 3.8) is 0 Å². The van der Waals surface area contributed by atoms with Crippen LogP contribution in [-0.4, -0.2) is 23.5 Å². The van der Waals surface area contributed by atoms with Crippen LogP contribution in [0, 0.1) is 0 Å². The molecule has 0 radical (unpaired) electrons. The van der Waals surface area contributed by atoms with Gasteiger partial charge in [0, 0.05) is 17.0 Å². The maximum absolute atomic E-state index is 6.38. The molecule has 3 unspecified atom stereocenters. The zero-order valence-corrected chi connectivity index (χ0v) is 12.8. The van der Waals surface area contributed by atoms with E-state index in [2.05, 4.69) is 24.8 Å². The third-order valence-electron chi connectivity index (χ3n) is 4.01. The quantitative estimate of drug-likeness (QED) is 0.885. The van der Waals surface area contributed by atoms with Crippen LogP contribution in [0.2, 0.25) is 4.34 Å². The summed E-state index contributed by atoms with van der Waals surface area (Å²) in [4.78, 5) is 3.94. The van der Waals surface area contributed by atoms with Crippen LogP contribution < -0.4 is 5.73 Å². The van der Waals surface area contributed by atoms with Crippen molar-refractivity contribution in [2.45, 2.75) is 57.7 Å². The lowest BCUT2D eigenvalue weighted by Gasteiger charge is -2.35. The minimum Gasteiger partial charge on any atom is -0.326 e. The zero-order chi connectivity index (χ0) is 13.1. The van der Waals surface area contributed by atoms with Crippen molar-refractivity contribution in [3.8, 4) is 0 Å². The van der Waals surface area contributed by atoms with E-state index >= 15 is 0 Å². The SMILES string of the molecule is CCC(N)C(c1ccc(Cl)s1)N1CCCC1CC. The number of hydrogen-bond donors (Lipinski definition) is 1. The molecular weight excluding hydrogens is 264 g/mol. The lowest BCUT2D eigenvalue weighted by Crippen LogP contribution is -2.42. The largest absolute Gasteiger partial charge is 0.326 e. The highest BCUT2D eigenvalue weighted by Crippen LogP contribution is 2.37. The van der Waals surface area contributed by atoms with Crippen molar-refractivity contribution in [3.05, 3.63) is 21.3 Å². The summed E-state index contributed by atoms with van der Waals surface area (Å²) in [6, 6.07) is 5.38. The average molecular weight is 287 g/mol. The second-order valence-electron chi connectivity index (χ2n) is 5.10. The van der Waals surface area contributed by atoms with Crippen LogP contribution in [0.5, 0.6) is 0 Å². The summed E-state index contributed by atoms with van der Waals surface area (Å²) in [5.74, 6) is 0. The fraction of sp³-hybridized carbons (Fsp3) is 0.714. The number of rotatable bonds is 5. The van der Waals surface area contributed by atoms with E-state index in [-0.39, 0.29) is 6.04 Å². The Hall–Kier alpha value is -0.0900. The summed E-state index contributed by atoms with van der Waals surface area (Å²) >= 11 is 7.77. The Balaban J connectivity index is 2.25. The molecule has 1 aromatic rings. The van der Waals surface area contributed by atoms with Gasteiger partial charge in [0.15, 0.2) is 0 Å². The molecule has 1 saturated heterocycles. The molecule has 0 aliphatic carbocycles. The summed E-state index contributed by atoms with van der Waals surface area (Å²) < 4.78 is 0.866. The number of thiophene rings is 1. The summed E-state index contributed by atoms with van der Waals surface area (Å²) in [5.41, 5.74) is 6.38. The Labute approximate surface area is 119 Å². The van der Waals surface area contributed by atoms with Crippen molar-refractivity contribution in [1.29, 1.82) is 0 Å². The van der Waals surface area contributed by atoms with Crippen LogP contribution in [0.25, 0.3) is 0 Å². The third-order valence-corrected chi connectivity index (χ3v) is 5.32. The number of nitrogens with two attached hydrogens (primary N) is 1. The van der Waals surface area contributed by atoms with E-state index in [0.29, 0.717) is 12.1 Å². The van der Waals surface area contributed by atoms with Gasteiger partial charge in [-0.05, 0) is 44.4 Å². The molecular formula is C14H23ClN2S. The zero-order valence-electron chi connectivity index (χ0n) is 11.2. The minimum absolute atomic E-state index is 0.201. The summed E-state index contributed by atoms with van der Waals surface area (Å²) in [6.45, 7) is 5.62. The first-order chi connectivity index (χ1) is 8.67. The average Bonchev–Trinajstić information content (AvgIpc) is 2.99. The Morgan fingerprint density at radius 2 is 2.28 bits per heavy atom. The summed E-state index contributed by atoms with van der Waals surface area (Å²) in [5, 5.41) is 0. The topological polar surface area (TPSA) is 29.3 Å². The lowest BCUT2D eigenvalue weighted by atomic mass is 10.0. The first kappa shape index (κ1) is 14.3. The highest BCUT2D eigenvalue weighted by Gasteiger charge is 2.34. The number of hydrogen-bond acceptors (Lipinski definition) is 3. The van der Waals surface area contributed by atoms with E-state index in [1.807, 2.05) is 6.07 Å². The molecule has 2 rings (SSSR count). The first-order valence-corrected chi connectivity index (χ1v) is 8.13. The standard InChI is InChI=1S/C14H23ClN2S/c1-3-10-6-5-9-17(10)14(11(16)4-2)12-7-8-13(15)18-12/h7-8,10-11,14H,3-6,9,16H2,1-2H3. The summed E-state index contributed by atoms with van der Waals surface area (Å²) in [6.07, 6.45) is 4.83. The van der Waals surface area contributed by atoms with Gasteiger partial charge in [0.1, 0.15) is 0 Å². The molecule has 0 amide bonds. The van der Waals surface area contributed by atoms with Gasteiger partial charge in [0.05, 0.1) is 10.4 Å². The molecule has 4 heteroatoms. The van der Waals surface area contributed by atoms with E-state index in [4.69, 9.17) is 17.3 Å². The molecule has 2 N–H and O–H groups in total. The van der Waals surface area contributed by atoms with Gasteiger partial charge >= 0.3 is 0 Å². The van der Waals surface area contributed by atoms with Gasteiger partial charge in [-0.2, -0.15) is 0 Å². The normalized spacial score (nSPS) is 24.3. The molecule has 0 spiro atoms. The molecule has 102 valence electrons. The Kier molecular flexibility index (Phi) is 5.07. The molecule has 3 atom stereocenters. The second-order valence-corrected chi connectivity index (χ2v) is 6.85. The molecule has 1 aliphatic rings. The van der Waals surface area contributed by atoms with Gasteiger partial charge in [0.2, 0.25) is 0 Å². The molecule has 1 aromatic heterocycles. The van der Waals surface area contributed by atoms with Gasteiger partial charge in [-0.25, -0.2) is 0 Å². The van der Waals surface area contributed by atoms with Crippen molar-refractivity contribution in [2.75, 3.05) is 6.54 Å². The predicted octanol–water partition coefficient (Wildman–Crippen LogP) is 4.05. The number of halogens is 1. The van der Waals surface area contributed by atoms with Crippen LogP contribution in [0.4, 0.5) is 0 Å². The van der Waals surface area contributed by atoms with E-state index in [0.717, 1.165) is 10.8 Å². The predicted molar refractivity (Wildman–Crippen MR) is 80.4 cm³/mol. The van der Waals surface area contributed by atoms with Gasteiger partial charge in [-0.1, -0.05) is 25.4 Å². The van der Waals surface area contributed by atoms with Crippen molar-refractivity contribution >= 4 is 22.9 Å². The maximum atomic E-state index is 6.38. The fourth-order valence-electron chi connectivity index (χ4n) is 2.99. The van der Waals surface area contributed by atoms with Crippen LogP contribution in [-0.2, 0) is 0 Å². The van der Waals surface area contributed by atoms with Crippen molar-refractivity contribution in [1.82, 2.24) is 4.90 Å². The van der Waals surface area contributed by atoms with Crippen LogP contribution in [0.3, 0.4) is 0 Å². The third kappa shape index (κ3) is 2.90. The lowest BCUT2D eigenvalue weighted by molar-refractivity contribution is 0.153. The first-order valence-electron chi connectivity index (χ1n) is 6.93. The Morgan fingerprint density at radius 1 is 1.50 bits per heavy atom. The van der Waals surface area contributed by atoms with Gasteiger partial charge in [-0.3, -0.25) is 4.90 Å². The molecule has 0 bridgehead atoms. The van der Waals surface area contributed by atoms with E-state index in [1.54, 1.807) is 11.3 Å². The Morgan fingerprint density at radius 3 is 2.83 bits per heavy atom. The van der Waals surface area contributed by atoms with Gasteiger partial charge in [-0.15, -0.1) is 11.3 Å². The Bertz CT molecular complexity index is 380. The van der Waals surface area contributed by atoms with Gasteiger partial charge < -0.3 is 5.73 Å². The molecule has 18 heavy (non-hydrogen) atoms. The molecule has 0 aromatic carbocycles. The molecule has 1 aliphatic heterocycles. The van der Waals surface area contributed by atoms with Crippen molar-refractivity contribution in [2.24, 2.45) is 5.73 Å². The molecule has 2 nitrogen and oxygen atoms in total. The fourth-order valence-corrected chi connectivity index (χ4v) is 4.25. The van der Waals surface area contributed by atoms with Crippen LogP contribution in [0.1, 0.15) is 50.4 Å². The van der Waals surface area contributed by atoms with E-state index in [1.165, 1.54) is 30.7 Å². The van der Waals surface area contributed by atoms with E-state index < -0.39 is 0 Å². The molecule has 0 saturated carbocycles. The highest BCUT2D eigenvalue weighted by molar-refractivity contribution is 7.16. The highest BCUT2D eigenvalue weighted by atomic mass is 35.5. The number of likely N-dealkylation sites (tertiary alicyclic amines) is 1. The monoisotopic (exact) mass is 286 g/mol. The van der Waals surface area contributed by atoms with Crippen LogP contribution in [0.15, 0.2) is 12.1 Å². The van der Waals surface area contributed by atoms with E-state index in [9.17, 15) is 0 Å². The smallest absolute Gasteiger partial charge is 0.0931 e. The van der Waals surface area contributed by atoms with Crippen molar-refractivity contribution < 1.29 is 0 Å². The van der Waals surface area contributed by atoms with Crippen LogP contribution >= 0.6 is 22.9 Å². The summed E-state index contributed by atoms with van der Waals surface area (Å²) in [7, 11) is 0. The second kappa shape index (κ2) is 6.38. The van der Waals surface area contributed by atoms with Gasteiger partial charge in [0.25, 0.3) is 0 Å².